The monoisotopic (exact) mass is 509 g/mol. The molecule has 33 heavy (non-hydrogen) atoms. The Labute approximate surface area is 201 Å². The number of ketones is 1. The van der Waals surface area contributed by atoms with E-state index in [1.807, 2.05) is 38.1 Å². The zero-order valence-electron chi connectivity index (χ0n) is 18.7. The van der Waals surface area contributed by atoms with Crippen LogP contribution in [0.15, 0.2) is 70.4 Å². The average molecular weight is 510 g/mol. The first kappa shape index (κ1) is 22.9. The maximum atomic E-state index is 13.6. The number of halogens is 1. The molecule has 2 aliphatic rings. The number of carbonyl (C=O) groups excluding carboxylic acids is 2. The summed E-state index contributed by atoms with van der Waals surface area (Å²) in [5.74, 6) is -0.225. The molecule has 0 saturated heterocycles. The Kier molecular flexibility index (Phi) is 6.42. The molecule has 0 saturated carbocycles. The molecule has 0 unspecified atom stereocenters. The number of rotatable bonds is 7. The molecular weight excluding hydrogens is 486 g/mol. The van der Waals surface area contributed by atoms with Crippen molar-refractivity contribution in [3.05, 3.63) is 87.1 Å². The molecule has 170 valence electrons. The minimum atomic E-state index is -0.657. The number of benzene rings is 2. The standard InChI is InChI=1S/C26H24BrNO5/c1-5-11-33-20-13-18(27)17(12-19(20)32-6-2)22-21(26(30)31-4)14(3)28-24-15-9-7-8-10-16(15)25(29)23(22)24/h5,7-10,12-13,22,28H,1,6,11H2,2-4H3/t22-/m0/s1. The van der Waals surface area contributed by atoms with Crippen LogP contribution in [0.2, 0.25) is 0 Å². The van der Waals surface area contributed by atoms with Crippen LogP contribution in [0.4, 0.5) is 0 Å². The summed E-state index contributed by atoms with van der Waals surface area (Å²) in [4.78, 5) is 26.5. The van der Waals surface area contributed by atoms with Crippen LogP contribution in [0.1, 0.15) is 41.3 Å². The third kappa shape index (κ3) is 3.86. The van der Waals surface area contributed by atoms with Crippen molar-refractivity contribution in [2.75, 3.05) is 20.3 Å². The highest BCUT2D eigenvalue weighted by Gasteiger charge is 2.43. The molecule has 1 atom stereocenters. The van der Waals surface area contributed by atoms with E-state index in [-0.39, 0.29) is 5.78 Å². The number of hydrogen-bond donors (Lipinski definition) is 1. The van der Waals surface area contributed by atoms with E-state index < -0.39 is 11.9 Å². The van der Waals surface area contributed by atoms with E-state index in [9.17, 15) is 9.59 Å². The fourth-order valence-electron chi connectivity index (χ4n) is 4.32. The van der Waals surface area contributed by atoms with Gasteiger partial charge in [-0.05, 0) is 31.5 Å². The molecule has 0 fully saturated rings. The molecule has 0 spiro atoms. The smallest absolute Gasteiger partial charge is 0.336 e. The number of nitrogens with one attached hydrogen (secondary N) is 1. The van der Waals surface area contributed by atoms with E-state index in [1.165, 1.54) is 7.11 Å². The first-order chi connectivity index (χ1) is 15.9. The highest BCUT2D eigenvalue weighted by Crippen LogP contribution is 2.50. The van der Waals surface area contributed by atoms with Gasteiger partial charge >= 0.3 is 5.97 Å². The van der Waals surface area contributed by atoms with Gasteiger partial charge in [-0.3, -0.25) is 4.79 Å². The molecule has 2 aromatic rings. The van der Waals surface area contributed by atoms with Crippen LogP contribution in [0.5, 0.6) is 11.5 Å². The molecule has 0 bridgehead atoms. The summed E-state index contributed by atoms with van der Waals surface area (Å²) < 4.78 is 17.4. The van der Waals surface area contributed by atoms with Crippen molar-refractivity contribution < 1.29 is 23.8 Å². The summed E-state index contributed by atoms with van der Waals surface area (Å²) in [6, 6.07) is 11.0. The quantitative estimate of drug-likeness (QED) is 0.410. The van der Waals surface area contributed by atoms with E-state index in [4.69, 9.17) is 14.2 Å². The van der Waals surface area contributed by atoms with Crippen LogP contribution >= 0.6 is 15.9 Å². The maximum Gasteiger partial charge on any atom is 0.336 e. The number of dihydropyridines is 1. The lowest BCUT2D eigenvalue weighted by Gasteiger charge is -2.30. The lowest BCUT2D eigenvalue weighted by molar-refractivity contribution is -0.136. The summed E-state index contributed by atoms with van der Waals surface area (Å²) in [6.45, 7) is 8.12. The number of ether oxygens (including phenoxy) is 3. The first-order valence-electron chi connectivity index (χ1n) is 10.6. The van der Waals surface area contributed by atoms with Crippen LogP contribution < -0.4 is 14.8 Å². The normalized spacial score (nSPS) is 16.7. The fraction of sp³-hybridized carbons (Fsp3) is 0.231. The second kappa shape index (κ2) is 9.27. The summed E-state index contributed by atoms with van der Waals surface area (Å²) in [6.07, 6.45) is 1.65. The molecule has 4 rings (SSSR count). The third-order valence-corrected chi connectivity index (χ3v) is 6.37. The summed E-state index contributed by atoms with van der Waals surface area (Å²) in [7, 11) is 1.34. The fourth-order valence-corrected chi connectivity index (χ4v) is 4.87. The van der Waals surface area contributed by atoms with Gasteiger partial charge in [0.2, 0.25) is 0 Å². The lowest BCUT2D eigenvalue weighted by Crippen LogP contribution is -2.29. The second-order valence-corrected chi connectivity index (χ2v) is 8.46. The van der Waals surface area contributed by atoms with Gasteiger partial charge in [0.05, 0.1) is 30.9 Å². The second-order valence-electron chi connectivity index (χ2n) is 7.60. The highest BCUT2D eigenvalue weighted by atomic mass is 79.9. The number of allylic oxidation sites excluding steroid dienone is 2. The van der Waals surface area contributed by atoms with Gasteiger partial charge in [0.25, 0.3) is 0 Å². The Bertz CT molecular complexity index is 1230. The van der Waals surface area contributed by atoms with Gasteiger partial charge in [0, 0.05) is 26.9 Å². The zero-order valence-corrected chi connectivity index (χ0v) is 20.2. The topological polar surface area (TPSA) is 73.9 Å². The van der Waals surface area contributed by atoms with Gasteiger partial charge in [0.15, 0.2) is 17.3 Å². The predicted octanol–water partition coefficient (Wildman–Crippen LogP) is 5.15. The van der Waals surface area contributed by atoms with Crippen LogP contribution in [-0.4, -0.2) is 32.1 Å². The predicted molar refractivity (Wildman–Crippen MR) is 129 cm³/mol. The average Bonchev–Trinajstić information content (AvgIpc) is 3.09. The Balaban J connectivity index is 1.95. The molecule has 1 heterocycles. The number of hydrogen-bond acceptors (Lipinski definition) is 6. The van der Waals surface area contributed by atoms with E-state index in [0.29, 0.717) is 62.9 Å². The number of Topliss-reactive ketones (excluding diaryl/α,β-unsaturated/α-hetero) is 1. The zero-order chi connectivity index (χ0) is 23.7. The van der Waals surface area contributed by atoms with Crippen molar-refractivity contribution in [3.63, 3.8) is 0 Å². The molecule has 1 N–H and O–H groups in total. The molecule has 0 aromatic heterocycles. The Morgan fingerprint density at radius 1 is 1.18 bits per heavy atom. The van der Waals surface area contributed by atoms with Crippen molar-refractivity contribution in [1.82, 2.24) is 5.32 Å². The lowest BCUT2D eigenvalue weighted by atomic mass is 9.79. The molecular formula is C26H24BrNO5. The largest absolute Gasteiger partial charge is 0.490 e. The number of methoxy groups -OCH3 is 1. The van der Waals surface area contributed by atoms with Crippen molar-refractivity contribution in [2.24, 2.45) is 0 Å². The van der Waals surface area contributed by atoms with Gasteiger partial charge in [-0.1, -0.05) is 52.9 Å². The van der Waals surface area contributed by atoms with Gasteiger partial charge in [0.1, 0.15) is 6.61 Å². The minimum Gasteiger partial charge on any atom is -0.490 e. The molecule has 0 amide bonds. The van der Waals surface area contributed by atoms with Crippen LogP contribution in [0, 0.1) is 0 Å². The van der Waals surface area contributed by atoms with Gasteiger partial charge in [-0.2, -0.15) is 0 Å². The van der Waals surface area contributed by atoms with Crippen molar-refractivity contribution >= 4 is 33.4 Å². The van der Waals surface area contributed by atoms with Gasteiger partial charge < -0.3 is 19.5 Å². The Morgan fingerprint density at radius 2 is 1.88 bits per heavy atom. The van der Waals surface area contributed by atoms with Gasteiger partial charge in [-0.15, -0.1) is 0 Å². The molecule has 7 heteroatoms. The van der Waals surface area contributed by atoms with E-state index >= 15 is 0 Å². The molecule has 6 nitrogen and oxygen atoms in total. The summed E-state index contributed by atoms with van der Waals surface area (Å²) >= 11 is 3.64. The number of carbonyl (C=O) groups is 2. The maximum absolute atomic E-state index is 13.6. The summed E-state index contributed by atoms with van der Waals surface area (Å²) in [5.41, 5.74) is 4.35. The minimum absolute atomic E-state index is 0.121. The molecule has 1 aliphatic carbocycles. The molecule has 2 aromatic carbocycles. The number of esters is 1. The van der Waals surface area contributed by atoms with Gasteiger partial charge in [-0.25, -0.2) is 4.79 Å². The van der Waals surface area contributed by atoms with Crippen LogP contribution in [0.25, 0.3) is 5.70 Å². The van der Waals surface area contributed by atoms with Crippen molar-refractivity contribution in [2.45, 2.75) is 19.8 Å². The SMILES string of the molecule is C=CCOc1cc(Br)c([C@H]2C(C(=O)OC)=C(C)NC3=C2C(=O)c2ccccc23)cc1OCC. The summed E-state index contributed by atoms with van der Waals surface area (Å²) in [5, 5.41) is 3.28. The first-order valence-corrected chi connectivity index (χ1v) is 11.4. The van der Waals surface area contributed by atoms with E-state index in [2.05, 4.69) is 27.8 Å². The van der Waals surface area contributed by atoms with Crippen LogP contribution in [-0.2, 0) is 9.53 Å². The van der Waals surface area contributed by atoms with E-state index in [1.54, 1.807) is 18.2 Å². The highest BCUT2D eigenvalue weighted by molar-refractivity contribution is 9.10. The number of fused-ring (bicyclic) bond motifs is 2. The molecule has 0 radical (unpaired) electrons. The van der Waals surface area contributed by atoms with Crippen molar-refractivity contribution in [1.29, 1.82) is 0 Å². The van der Waals surface area contributed by atoms with Crippen molar-refractivity contribution in [3.8, 4) is 11.5 Å². The third-order valence-electron chi connectivity index (χ3n) is 5.68. The Morgan fingerprint density at radius 3 is 2.55 bits per heavy atom. The van der Waals surface area contributed by atoms with Crippen LogP contribution in [0.3, 0.4) is 0 Å². The van der Waals surface area contributed by atoms with E-state index in [0.717, 1.165) is 5.56 Å². The Hall–Kier alpha value is -3.32. The molecule has 1 aliphatic heterocycles.